The number of carbonyl (C=O) groups is 2. The summed E-state index contributed by atoms with van der Waals surface area (Å²) in [5, 5.41) is 2.73. The summed E-state index contributed by atoms with van der Waals surface area (Å²) in [6.45, 7) is 3.86. The lowest BCUT2D eigenvalue weighted by Gasteiger charge is -2.23. The monoisotopic (exact) mass is 359 g/mol. The number of amides is 2. The van der Waals surface area contributed by atoms with Crippen molar-refractivity contribution in [1.82, 2.24) is 0 Å². The van der Waals surface area contributed by atoms with E-state index in [4.69, 9.17) is 5.73 Å². The largest absolute Gasteiger partial charge is 0.399 e. The molecule has 5 nitrogen and oxygen atoms in total. The molecule has 0 saturated heterocycles. The molecule has 3 aromatic carbocycles. The zero-order valence-corrected chi connectivity index (χ0v) is 15.3. The quantitative estimate of drug-likeness (QED) is 0.544. The minimum atomic E-state index is -0.704. The van der Waals surface area contributed by atoms with Gasteiger partial charge in [-0.3, -0.25) is 14.5 Å². The van der Waals surface area contributed by atoms with Crippen LogP contribution in [0, 0.1) is 13.8 Å². The Bertz CT molecular complexity index is 967. The number of nitrogens with zero attached hydrogens (tertiary/aromatic N) is 1. The van der Waals surface area contributed by atoms with Crippen LogP contribution in [0.15, 0.2) is 72.8 Å². The van der Waals surface area contributed by atoms with Crippen LogP contribution in [-0.2, 0) is 9.59 Å². The number of benzene rings is 3. The van der Waals surface area contributed by atoms with E-state index in [1.54, 1.807) is 42.5 Å². The second-order valence-electron chi connectivity index (χ2n) is 6.27. The zero-order chi connectivity index (χ0) is 19.4. The normalized spacial score (nSPS) is 10.3. The van der Waals surface area contributed by atoms with Gasteiger partial charge in [-0.1, -0.05) is 30.3 Å². The van der Waals surface area contributed by atoms with E-state index >= 15 is 0 Å². The maximum atomic E-state index is 13.0. The molecule has 0 radical (unpaired) electrons. The predicted octanol–water partition coefficient (Wildman–Crippen LogP) is 4.19. The molecule has 0 atom stereocenters. The molecular weight excluding hydrogens is 338 g/mol. The van der Waals surface area contributed by atoms with Crippen molar-refractivity contribution in [3.05, 3.63) is 83.9 Å². The van der Waals surface area contributed by atoms with Crippen LogP contribution in [0.25, 0.3) is 0 Å². The number of hydrogen-bond donors (Lipinski definition) is 2. The minimum absolute atomic E-state index is 0.566. The van der Waals surface area contributed by atoms with Gasteiger partial charge in [-0.05, 0) is 67.4 Å². The fourth-order valence-corrected chi connectivity index (χ4v) is 2.75. The number of rotatable bonds is 3. The highest BCUT2D eigenvalue weighted by Gasteiger charge is 2.25. The van der Waals surface area contributed by atoms with Gasteiger partial charge in [0.15, 0.2) is 0 Å². The van der Waals surface area contributed by atoms with Gasteiger partial charge in [0, 0.05) is 22.7 Å². The topological polar surface area (TPSA) is 75.4 Å². The van der Waals surface area contributed by atoms with Gasteiger partial charge in [0.25, 0.3) is 0 Å². The number of anilines is 4. The maximum absolute atomic E-state index is 13.0. The molecule has 0 spiro atoms. The SMILES string of the molecule is Cc1cccc(NC(=O)C(=O)N(c2ccccc2)c2ccc(N)cc2)c1C. The maximum Gasteiger partial charge on any atom is 0.321 e. The standard InChI is InChI=1S/C22H21N3O2/c1-15-7-6-10-20(16(15)2)24-21(26)22(27)25(18-8-4-3-5-9-18)19-13-11-17(23)12-14-19/h3-14H,23H2,1-2H3,(H,24,26). The molecule has 0 fully saturated rings. The van der Waals surface area contributed by atoms with E-state index in [1.165, 1.54) is 4.90 Å². The summed E-state index contributed by atoms with van der Waals surface area (Å²) in [4.78, 5) is 27.1. The highest BCUT2D eigenvalue weighted by molar-refractivity contribution is 6.45. The van der Waals surface area contributed by atoms with Crippen LogP contribution in [0.2, 0.25) is 0 Å². The van der Waals surface area contributed by atoms with E-state index in [0.29, 0.717) is 22.7 Å². The molecule has 2 amide bonds. The van der Waals surface area contributed by atoms with Crippen LogP contribution in [0.3, 0.4) is 0 Å². The van der Waals surface area contributed by atoms with E-state index in [9.17, 15) is 9.59 Å². The summed E-state index contributed by atoms with van der Waals surface area (Å²) in [6.07, 6.45) is 0. The molecular formula is C22H21N3O2. The van der Waals surface area contributed by atoms with Crippen molar-refractivity contribution in [3.8, 4) is 0 Å². The second kappa shape index (κ2) is 7.74. The van der Waals surface area contributed by atoms with Crippen LogP contribution in [-0.4, -0.2) is 11.8 Å². The highest BCUT2D eigenvalue weighted by Crippen LogP contribution is 2.27. The van der Waals surface area contributed by atoms with E-state index in [2.05, 4.69) is 5.32 Å². The smallest absolute Gasteiger partial charge is 0.321 e. The number of nitrogens with one attached hydrogen (secondary N) is 1. The molecule has 0 unspecified atom stereocenters. The van der Waals surface area contributed by atoms with Crippen molar-refractivity contribution in [2.24, 2.45) is 0 Å². The third kappa shape index (κ3) is 3.98. The molecule has 3 N–H and O–H groups in total. The average molecular weight is 359 g/mol. The summed E-state index contributed by atoms with van der Waals surface area (Å²) in [5.41, 5.74) is 10.1. The Hall–Kier alpha value is -3.60. The van der Waals surface area contributed by atoms with Gasteiger partial charge in [-0.15, -0.1) is 0 Å². The van der Waals surface area contributed by atoms with Crippen LogP contribution in [0.4, 0.5) is 22.7 Å². The first kappa shape index (κ1) is 18.2. The minimum Gasteiger partial charge on any atom is -0.399 e. The van der Waals surface area contributed by atoms with Crippen molar-refractivity contribution in [2.75, 3.05) is 16.0 Å². The summed E-state index contributed by atoms with van der Waals surface area (Å²) in [5.74, 6) is -1.38. The third-order valence-corrected chi connectivity index (χ3v) is 4.42. The molecule has 136 valence electrons. The van der Waals surface area contributed by atoms with E-state index in [-0.39, 0.29) is 0 Å². The second-order valence-corrected chi connectivity index (χ2v) is 6.27. The molecule has 0 aliphatic rings. The Morgan fingerprint density at radius 2 is 1.44 bits per heavy atom. The van der Waals surface area contributed by atoms with E-state index < -0.39 is 11.8 Å². The van der Waals surface area contributed by atoms with Crippen molar-refractivity contribution in [2.45, 2.75) is 13.8 Å². The van der Waals surface area contributed by atoms with Gasteiger partial charge >= 0.3 is 11.8 Å². The van der Waals surface area contributed by atoms with E-state index in [0.717, 1.165) is 11.1 Å². The number of hydrogen-bond acceptors (Lipinski definition) is 3. The Morgan fingerprint density at radius 1 is 0.815 bits per heavy atom. The van der Waals surface area contributed by atoms with Gasteiger partial charge < -0.3 is 11.1 Å². The number of para-hydroxylation sites is 1. The molecule has 0 bridgehead atoms. The third-order valence-electron chi connectivity index (χ3n) is 4.42. The Balaban J connectivity index is 1.94. The van der Waals surface area contributed by atoms with Crippen LogP contribution >= 0.6 is 0 Å². The van der Waals surface area contributed by atoms with Crippen LogP contribution < -0.4 is 16.0 Å². The number of nitrogens with two attached hydrogens (primary N) is 1. The molecule has 0 heterocycles. The van der Waals surface area contributed by atoms with Crippen molar-refractivity contribution >= 4 is 34.6 Å². The predicted molar refractivity (Wildman–Crippen MR) is 109 cm³/mol. The lowest BCUT2D eigenvalue weighted by molar-refractivity contribution is -0.134. The first-order valence-corrected chi connectivity index (χ1v) is 8.59. The summed E-state index contributed by atoms with van der Waals surface area (Å²) < 4.78 is 0. The van der Waals surface area contributed by atoms with E-state index in [1.807, 2.05) is 44.2 Å². The van der Waals surface area contributed by atoms with Crippen molar-refractivity contribution in [3.63, 3.8) is 0 Å². The molecule has 27 heavy (non-hydrogen) atoms. The molecule has 3 aromatic rings. The number of nitrogen functional groups attached to an aromatic ring is 1. The number of carbonyl (C=O) groups excluding carboxylic acids is 2. The summed E-state index contributed by atoms with van der Waals surface area (Å²) in [6, 6.07) is 21.4. The number of aryl methyl sites for hydroxylation is 1. The summed E-state index contributed by atoms with van der Waals surface area (Å²) in [7, 11) is 0. The lowest BCUT2D eigenvalue weighted by Crippen LogP contribution is -2.37. The molecule has 0 aromatic heterocycles. The van der Waals surface area contributed by atoms with Crippen LogP contribution in [0.5, 0.6) is 0 Å². The van der Waals surface area contributed by atoms with Gasteiger partial charge in [0.05, 0.1) is 0 Å². The Morgan fingerprint density at radius 3 is 2.11 bits per heavy atom. The Labute approximate surface area is 158 Å². The van der Waals surface area contributed by atoms with Gasteiger partial charge in [-0.25, -0.2) is 0 Å². The van der Waals surface area contributed by atoms with Gasteiger partial charge in [0.2, 0.25) is 0 Å². The van der Waals surface area contributed by atoms with Gasteiger partial charge in [-0.2, -0.15) is 0 Å². The van der Waals surface area contributed by atoms with Crippen molar-refractivity contribution in [1.29, 1.82) is 0 Å². The molecule has 0 aliphatic heterocycles. The van der Waals surface area contributed by atoms with Crippen molar-refractivity contribution < 1.29 is 9.59 Å². The first-order chi connectivity index (χ1) is 13.0. The molecule has 0 saturated carbocycles. The van der Waals surface area contributed by atoms with Crippen LogP contribution in [0.1, 0.15) is 11.1 Å². The first-order valence-electron chi connectivity index (χ1n) is 8.59. The zero-order valence-electron chi connectivity index (χ0n) is 15.3. The Kier molecular flexibility index (Phi) is 5.22. The summed E-state index contributed by atoms with van der Waals surface area (Å²) >= 11 is 0. The fourth-order valence-electron chi connectivity index (χ4n) is 2.75. The average Bonchev–Trinajstić information content (AvgIpc) is 2.68. The highest BCUT2D eigenvalue weighted by atomic mass is 16.2. The fraction of sp³-hybridized carbons (Fsp3) is 0.0909. The molecule has 3 rings (SSSR count). The molecule has 5 heteroatoms. The van der Waals surface area contributed by atoms with Gasteiger partial charge in [0.1, 0.15) is 0 Å². The lowest BCUT2D eigenvalue weighted by atomic mass is 10.1. The molecule has 0 aliphatic carbocycles.